The van der Waals surface area contributed by atoms with E-state index in [4.69, 9.17) is 5.73 Å². The highest BCUT2D eigenvalue weighted by Crippen LogP contribution is 2.17. The van der Waals surface area contributed by atoms with E-state index in [1.165, 1.54) is 11.3 Å². The van der Waals surface area contributed by atoms with Crippen LogP contribution in [0.15, 0.2) is 21.7 Å². The molecule has 86 valence electrons. The standard InChI is InChI=1S/C9H16N2O2S2/c1-9(2,6-10)7-11-15(12,13)8-4-3-5-14-8/h3-5,11H,6-7,10H2,1-2H3. The van der Waals surface area contributed by atoms with Crippen LogP contribution in [0.4, 0.5) is 0 Å². The summed E-state index contributed by atoms with van der Waals surface area (Å²) in [6.07, 6.45) is 0. The van der Waals surface area contributed by atoms with Crippen LogP contribution in [0.3, 0.4) is 0 Å². The molecule has 1 aromatic rings. The minimum Gasteiger partial charge on any atom is -0.330 e. The Bertz CT molecular complexity index is 396. The van der Waals surface area contributed by atoms with Gasteiger partial charge in [-0.05, 0) is 23.4 Å². The highest BCUT2D eigenvalue weighted by molar-refractivity contribution is 7.91. The maximum Gasteiger partial charge on any atom is 0.250 e. The Kier molecular flexibility index (Phi) is 3.88. The Balaban J connectivity index is 2.67. The molecule has 1 rings (SSSR count). The quantitative estimate of drug-likeness (QED) is 0.817. The molecule has 3 N–H and O–H groups in total. The molecule has 0 bridgehead atoms. The fourth-order valence-electron chi connectivity index (χ4n) is 0.850. The molecule has 0 atom stereocenters. The van der Waals surface area contributed by atoms with E-state index < -0.39 is 10.0 Å². The summed E-state index contributed by atoms with van der Waals surface area (Å²) < 4.78 is 26.3. The van der Waals surface area contributed by atoms with Gasteiger partial charge in [0.1, 0.15) is 4.21 Å². The monoisotopic (exact) mass is 248 g/mol. The minimum absolute atomic E-state index is 0.218. The first-order chi connectivity index (χ1) is 6.87. The summed E-state index contributed by atoms with van der Waals surface area (Å²) in [5.41, 5.74) is 5.30. The molecule has 0 spiro atoms. The first kappa shape index (κ1) is 12.6. The van der Waals surface area contributed by atoms with Crippen LogP contribution < -0.4 is 10.5 Å². The summed E-state index contributed by atoms with van der Waals surface area (Å²) in [5, 5.41) is 1.74. The molecule has 0 saturated carbocycles. The van der Waals surface area contributed by atoms with Crippen LogP contribution in [-0.2, 0) is 10.0 Å². The van der Waals surface area contributed by atoms with Crippen LogP contribution >= 0.6 is 11.3 Å². The first-order valence-corrected chi connectivity index (χ1v) is 6.97. The van der Waals surface area contributed by atoms with E-state index in [1.807, 2.05) is 13.8 Å². The molecule has 15 heavy (non-hydrogen) atoms. The fourth-order valence-corrected chi connectivity index (χ4v) is 3.13. The van der Waals surface area contributed by atoms with Crippen LogP contribution in [0, 0.1) is 5.41 Å². The van der Waals surface area contributed by atoms with Crippen LogP contribution in [0.25, 0.3) is 0 Å². The van der Waals surface area contributed by atoms with Crippen molar-refractivity contribution < 1.29 is 8.42 Å². The van der Waals surface area contributed by atoms with Crippen molar-refractivity contribution in [3.63, 3.8) is 0 Å². The van der Waals surface area contributed by atoms with Crippen LogP contribution in [0.2, 0.25) is 0 Å². The molecular formula is C9H16N2O2S2. The Morgan fingerprint density at radius 1 is 1.53 bits per heavy atom. The van der Waals surface area contributed by atoms with Gasteiger partial charge in [0, 0.05) is 6.54 Å². The molecule has 1 heterocycles. The second kappa shape index (κ2) is 4.61. The third-order valence-electron chi connectivity index (χ3n) is 2.05. The van der Waals surface area contributed by atoms with Crippen molar-refractivity contribution in [3.05, 3.63) is 17.5 Å². The number of sulfonamides is 1. The average molecular weight is 248 g/mol. The van der Waals surface area contributed by atoms with E-state index in [2.05, 4.69) is 4.72 Å². The third-order valence-corrected chi connectivity index (χ3v) is 4.85. The highest BCUT2D eigenvalue weighted by Gasteiger charge is 2.21. The Morgan fingerprint density at radius 3 is 2.67 bits per heavy atom. The summed E-state index contributed by atoms with van der Waals surface area (Å²) in [4.78, 5) is 0. The molecule has 0 radical (unpaired) electrons. The van der Waals surface area contributed by atoms with Gasteiger partial charge in [0.15, 0.2) is 0 Å². The van der Waals surface area contributed by atoms with Crippen molar-refractivity contribution in [2.45, 2.75) is 18.1 Å². The summed E-state index contributed by atoms with van der Waals surface area (Å²) in [5.74, 6) is 0. The molecule has 0 amide bonds. The SMILES string of the molecule is CC(C)(CN)CNS(=O)(=O)c1cccs1. The lowest BCUT2D eigenvalue weighted by molar-refractivity contribution is 0.376. The van der Waals surface area contributed by atoms with Gasteiger partial charge in [0.25, 0.3) is 0 Å². The van der Waals surface area contributed by atoms with Crippen molar-refractivity contribution >= 4 is 21.4 Å². The molecule has 6 heteroatoms. The van der Waals surface area contributed by atoms with Gasteiger partial charge in [-0.2, -0.15) is 0 Å². The molecule has 0 aliphatic carbocycles. The Morgan fingerprint density at radius 2 is 2.20 bits per heavy atom. The van der Waals surface area contributed by atoms with Gasteiger partial charge in [-0.25, -0.2) is 13.1 Å². The van der Waals surface area contributed by atoms with Crippen molar-refractivity contribution in [1.29, 1.82) is 0 Å². The highest BCUT2D eigenvalue weighted by atomic mass is 32.2. The summed E-state index contributed by atoms with van der Waals surface area (Å²) in [6.45, 7) is 4.64. The second-order valence-electron chi connectivity index (χ2n) is 4.12. The Hall–Kier alpha value is -0.430. The summed E-state index contributed by atoms with van der Waals surface area (Å²) in [7, 11) is -3.35. The number of hydrogen-bond donors (Lipinski definition) is 2. The Labute approximate surface area is 94.5 Å². The zero-order valence-electron chi connectivity index (χ0n) is 8.86. The van der Waals surface area contributed by atoms with Gasteiger partial charge in [-0.15, -0.1) is 11.3 Å². The normalized spacial score (nSPS) is 13.0. The van der Waals surface area contributed by atoms with Crippen molar-refractivity contribution in [2.24, 2.45) is 11.1 Å². The number of nitrogens with two attached hydrogens (primary N) is 1. The molecule has 0 aromatic carbocycles. The predicted octanol–water partition coefficient (Wildman–Crippen LogP) is 1.01. The van der Waals surface area contributed by atoms with Crippen LogP contribution in [0.5, 0.6) is 0 Å². The fraction of sp³-hybridized carbons (Fsp3) is 0.556. The van der Waals surface area contributed by atoms with Gasteiger partial charge in [0.05, 0.1) is 0 Å². The number of thiophene rings is 1. The molecule has 1 aromatic heterocycles. The molecule has 0 aliphatic heterocycles. The van der Waals surface area contributed by atoms with E-state index >= 15 is 0 Å². The minimum atomic E-state index is -3.35. The maximum absolute atomic E-state index is 11.7. The predicted molar refractivity (Wildman–Crippen MR) is 62.3 cm³/mol. The second-order valence-corrected chi connectivity index (χ2v) is 7.07. The van der Waals surface area contributed by atoms with Gasteiger partial charge in [0.2, 0.25) is 10.0 Å². The van der Waals surface area contributed by atoms with Crippen molar-refractivity contribution in [3.8, 4) is 0 Å². The molecule has 4 nitrogen and oxygen atoms in total. The molecular weight excluding hydrogens is 232 g/mol. The molecule has 0 fully saturated rings. The summed E-state index contributed by atoms with van der Waals surface area (Å²) in [6, 6.07) is 3.30. The van der Waals surface area contributed by atoms with E-state index in [-0.39, 0.29) is 5.41 Å². The topological polar surface area (TPSA) is 72.2 Å². The van der Waals surface area contributed by atoms with Gasteiger partial charge in [-0.3, -0.25) is 0 Å². The van der Waals surface area contributed by atoms with Gasteiger partial charge < -0.3 is 5.73 Å². The zero-order valence-corrected chi connectivity index (χ0v) is 10.5. The van der Waals surface area contributed by atoms with Crippen LogP contribution in [-0.4, -0.2) is 21.5 Å². The van der Waals surface area contributed by atoms with E-state index in [0.29, 0.717) is 17.3 Å². The van der Waals surface area contributed by atoms with E-state index in [1.54, 1.807) is 17.5 Å². The van der Waals surface area contributed by atoms with Crippen molar-refractivity contribution in [1.82, 2.24) is 4.72 Å². The average Bonchev–Trinajstić information content (AvgIpc) is 2.69. The number of nitrogens with one attached hydrogen (secondary N) is 1. The molecule has 0 saturated heterocycles. The zero-order chi connectivity index (χ0) is 11.5. The lowest BCUT2D eigenvalue weighted by atomic mass is 9.95. The lowest BCUT2D eigenvalue weighted by Gasteiger charge is -2.22. The van der Waals surface area contributed by atoms with Crippen molar-refractivity contribution in [2.75, 3.05) is 13.1 Å². The van der Waals surface area contributed by atoms with E-state index in [9.17, 15) is 8.42 Å². The lowest BCUT2D eigenvalue weighted by Crippen LogP contribution is -2.38. The van der Waals surface area contributed by atoms with Gasteiger partial charge in [-0.1, -0.05) is 19.9 Å². The maximum atomic E-state index is 11.7. The van der Waals surface area contributed by atoms with Crippen LogP contribution in [0.1, 0.15) is 13.8 Å². The smallest absolute Gasteiger partial charge is 0.250 e. The summed E-state index contributed by atoms with van der Waals surface area (Å²) >= 11 is 1.21. The molecule has 0 unspecified atom stereocenters. The largest absolute Gasteiger partial charge is 0.330 e. The van der Waals surface area contributed by atoms with E-state index in [0.717, 1.165) is 0 Å². The third kappa shape index (κ3) is 3.57. The number of hydrogen-bond acceptors (Lipinski definition) is 4. The molecule has 0 aliphatic rings. The number of rotatable bonds is 5. The first-order valence-electron chi connectivity index (χ1n) is 4.61. The van der Waals surface area contributed by atoms with Gasteiger partial charge >= 0.3 is 0 Å².